The highest BCUT2D eigenvalue weighted by atomic mass is 16.6. The van der Waals surface area contributed by atoms with Crippen LogP contribution in [0.15, 0.2) is 11.8 Å². The number of hydrogen-bond acceptors (Lipinski definition) is 4. The van der Waals surface area contributed by atoms with E-state index in [4.69, 9.17) is 6.42 Å². The first kappa shape index (κ1) is 9.37. The molecular weight excluding hydrogens is 146 g/mol. The Hall–Kier alpha value is -1.63. The van der Waals surface area contributed by atoms with Crippen LogP contribution in [0.1, 0.15) is 6.92 Å². The average molecular weight is 155 g/mol. The van der Waals surface area contributed by atoms with Crippen LogP contribution in [-0.4, -0.2) is 13.1 Å². The summed E-state index contributed by atoms with van der Waals surface area (Å²) >= 11 is 0. The maximum atomic E-state index is 10.7. The van der Waals surface area contributed by atoms with Gasteiger partial charge in [0.1, 0.15) is 6.11 Å². The lowest BCUT2D eigenvalue weighted by molar-refractivity contribution is -0.137. The molecular formula is C7H9NO3. The topological polar surface area (TPSA) is 47.6 Å². The molecule has 11 heavy (non-hydrogen) atoms. The molecule has 0 spiro atoms. The maximum Gasteiger partial charge on any atom is 0.357 e. The van der Waals surface area contributed by atoms with Crippen molar-refractivity contribution in [1.29, 1.82) is 0 Å². The molecule has 0 rings (SSSR count). The Kier molecular flexibility index (Phi) is 4.41. The maximum absolute atomic E-state index is 10.7. The summed E-state index contributed by atoms with van der Waals surface area (Å²) in [6.07, 6.45) is 8.10. The van der Waals surface area contributed by atoms with Gasteiger partial charge in [0.25, 0.3) is 0 Å². The van der Waals surface area contributed by atoms with Crippen molar-refractivity contribution in [2.45, 2.75) is 6.92 Å². The predicted molar refractivity (Wildman–Crippen MR) is 38.8 cm³/mol. The van der Waals surface area contributed by atoms with Crippen molar-refractivity contribution in [3.8, 4) is 12.5 Å². The Morgan fingerprint density at radius 3 is 2.73 bits per heavy atom. The quantitative estimate of drug-likeness (QED) is 0.273. The van der Waals surface area contributed by atoms with E-state index in [9.17, 15) is 4.79 Å². The zero-order valence-electron chi connectivity index (χ0n) is 6.38. The van der Waals surface area contributed by atoms with E-state index in [1.807, 2.05) is 6.11 Å². The summed E-state index contributed by atoms with van der Waals surface area (Å²) in [5.41, 5.74) is 2.39. The van der Waals surface area contributed by atoms with E-state index in [1.165, 1.54) is 13.2 Å². The molecule has 0 heterocycles. The van der Waals surface area contributed by atoms with Crippen molar-refractivity contribution < 1.29 is 14.4 Å². The number of rotatable bonds is 3. The van der Waals surface area contributed by atoms with Crippen molar-refractivity contribution in [2.75, 3.05) is 7.11 Å². The third-order valence-corrected chi connectivity index (χ3v) is 0.914. The smallest absolute Gasteiger partial charge is 0.357 e. The number of methoxy groups -OCH3 is 1. The van der Waals surface area contributed by atoms with Crippen LogP contribution >= 0.6 is 0 Å². The van der Waals surface area contributed by atoms with Crippen LogP contribution in [0.4, 0.5) is 0 Å². The van der Waals surface area contributed by atoms with Gasteiger partial charge in [-0.2, -0.15) is 0 Å². The molecule has 0 bridgehead atoms. The monoisotopic (exact) mass is 155 g/mol. The lowest BCUT2D eigenvalue weighted by Gasteiger charge is -2.03. The molecule has 60 valence electrons. The van der Waals surface area contributed by atoms with Crippen LogP contribution in [0.25, 0.3) is 0 Å². The van der Waals surface area contributed by atoms with Gasteiger partial charge in [0.15, 0.2) is 5.70 Å². The van der Waals surface area contributed by atoms with Crippen LogP contribution in [-0.2, 0) is 14.4 Å². The van der Waals surface area contributed by atoms with E-state index in [2.05, 4.69) is 15.1 Å². The second-order valence-electron chi connectivity index (χ2n) is 1.52. The summed E-state index contributed by atoms with van der Waals surface area (Å²) < 4.78 is 4.38. The number of carbonyl (C=O) groups is 1. The first-order valence-corrected chi connectivity index (χ1v) is 2.88. The predicted octanol–water partition coefficient (Wildman–Crippen LogP) is 0.175. The molecule has 0 saturated carbocycles. The van der Waals surface area contributed by atoms with E-state index in [0.717, 1.165) is 0 Å². The van der Waals surface area contributed by atoms with Crippen LogP contribution in [0, 0.1) is 12.5 Å². The summed E-state index contributed by atoms with van der Waals surface area (Å²) in [5.74, 6) is -0.525. The minimum Gasteiger partial charge on any atom is -0.464 e. The molecule has 0 aromatic rings. The van der Waals surface area contributed by atoms with Gasteiger partial charge in [0.05, 0.1) is 7.11 Å². The molecule has 0 aliphatic rings. The van der Waals surface area contributed by atoms with Crippen molar-refractivity contribution >= 4 is 5.97 Å². The van der Waals surface area contributed by atoms with Crippen LogP contribution < -0.4 is 5.48 Å². The first-order valence-electron chi connectivity index (χ1n) is 2.88. The fourth-order valence-electron chi connectivity index (χ4n) is 0.413. The van der Waals surface area contributed by atoms with Gasteiger partial charge < -0.3 is 9.57 Å². The number of nitrogens with one attached hydrogen (secondary N) is 1. The van der Waals surface area contributed by atoms with Crippen LogP contribution in [0.2, 0.25) is 0 Å². The Labute approximate surface area is 65.1 Å². The van der Waals surface area contributed by atoms with E-state index < -0.39 is 5.97 Å². The number of carbonyl (C=O) groups excluding carboxylic acids is 1. The average Bonchev–Trinajstić information content (AvgIpc) is 2.05. The molecule has 0 amide bonds. The van der Waals surface area contributed by atoms with E-state index in [1.54, 1.807) is 6.92 Å². The van der Waals surface area contributed by atoms with E-state index in [0.29, 0.717) is 0 Å². The molecule has 0 unspecified atom stereocenters. The number of hydroxylamine groups is 1. The van der Waals surface area contributed by atoms with Gasteiger partial charge in [-0.15, -0.1) is 0 Å². The summed E-state index contributed by atoms with van der Waals surface area (Å²) in [4.78, 5) is 15.1. The highest BCUT2D eigenvalue weighted by Crippen LogP contribution is 1.91. The van der Waals surface area contributed by atoms with Gasteiger partial charge in [-0.1, -0.05) is 12.5 Å². The van der Waals surface area contributed by atoms with Gasteiger partial charge in [-0.05, 0) is 6.92 Å². The molecule has 0 fully saturated rings. The number of terminal acetylenes is 1. The lowest BCUT2D eigenvalue weighted by atomic mass is 10.4. The van der Waals surface area contributed by atoms with Gasteiger partial charge in [0.2, 0.25) is 0 Å². The molecule has 0 aromatic carbocycles. The third kappa shape index (κ3) is 3.16. The van der Waals surface area contributed by atoms with Gasteiger partial charge >= 0.3 is 5.97 Å². The fourth-order valence-corrected chi connectivity index (χ4v) is 0.413. The summed E-state index contributed by atoms with van der Waals surface area (Å²) in [6.45, 7) is 1.65. The highest BCUT2D eigenvalue weighted by molar-refractivity contribution is 5.87. The Bertz CT molecular complexity index is 202. The standard InChI is InChI=1S/C7H9NO3/c1-4-6(7(9)10-3)8-11-5-2/h2,4,8H,1,3H3/b6-4-. The highest BCUT2D eigenvalue weighted by Gasteiger charge is 2.06. The second kappa shape index (κ2) is 5.18. The summed E-state index contributed by atoms with van der Waals surface area (Å²) in [6, 6.07) is 0. The normalized spacial score (nSPS) is 9.73. The molecule has 0 aliphatic carbocycles. The zero-order chi connectivity index (χ0) is 8.69. The van der Waals surface area contributed by atoms with Crippen molar-refractivity contribution in [3.05, 3.63) is 11.8 Å². The van der Waals surface area contributed by atoms with Crippen molar-refractivity contribution in [1.82, 2.24) is 5.48 Å². The molecule has 4 nitrogen and oxygen atoms in total. The minimum absolute atomic E-state index is 0.172. The molecule has 4 heteroatoms. The molecule has 0 saturated heterocycles. The van der Waals surface area contributed by atoms with E-state index >= 15 is 0 Å². The molecule has 0 radical (unpaired) electrons. The Balaban J connectivity index is 4.00. The Morgan fingerprint density at radius 2 is 2.36 bits per heavy atom. The molecule has 0 atom stereocenters. The number of allylic oxidation sites excluding steroid dienone is 1. The van der Waals surface area contributed by atoms with Crippen molar-refractivity contribution in [3.63, 3.8) is 0 Å². The summed E-state index contributed by atoms with van der Waals surface area (Å²) in [5, 5.41) is 0. The largest absolute Gasteiger partial charge is 0.464 e. The van der Waals surface area contributed by atoms with Gasteiger partial charge in [-0.3, -0.25) is 0 Å². The SMILES string of the molecule is C#CON/C(=C\C)C(=O)OC. The molecule has 1 N–H and O–H groups in total. The van der Waals surface area contributed by atoms with Gasteiger partial charge in [0, 0.05) is 0 Å². The fraction of sp³-hybridized carbons (Fsp3) is 0.286. The first-order chi connectivity index (χ1) is 5.26. The number of ether oxygens (including phenoxy) is 1. The Morgan fingerprint density at radius 1 is 1.73 bits per heavy atom. The van der Waals surface area contributed by atoms with Gasteiger partial charge in [-0.25, -0.2) is 10.3 Å². The minimum atomic E-state index is -0.525. The van der Waals surface area contributed by atoms with Crippen LogP contribution in [0.5, 0.6) is 0 Å². The van der Waals surface area contributed by atoms with Crippen LogP contribution in [0.3, 0.4) is 0 Å². The third-order valence-electron chi connectivity index (χ3n) is 0.914. The lowest BCUT2D eigenvalue weighted by Crippen LogP contribution is -2.19. The number of hydrogen-bond donors (Lipinski definition) is 1. The zero-order valence-corrected chi connectivity index (χ0v) is 6.38. The second-order valence-corrected chi connectivity index (χ2v) is 1.52. The van der Waals surface area contributed by atoms with E-state index in [-0.39, 0.29) is 5.70 Å². The summed E-state index contributed by atoms with van der Waals surface area (Å²) in [7, 11) is 1.27. The molecule has 0 aliphatic heterocycles. The number of esters is 1. The molecule has 0 aromatic heterocycles. The van der Waals surface area contributed by atoms with Crippen molar-refractivity contribution in [2.24, 2.45) is 0 Å².